The van der Waals surface area contributed by atoms with Gasteiger partial charge in [0.15, 0.2) is 0 Å². The number of aromatic amines is 1. The van der Waals surface area contributed by atoms with E-state index in [1.54, 1.807) is 0 Å². The van der Waals surface area contributed by atoms with E-state index in [4.69, 9.17) is 11.6 Å². The molecule has 1 aliphatic heterocycles. The van der Waals surface area contributed by atoms with Crippen LogP contribution < -0.4 is 5.32 Å². The van der Waals surface area contributed by atoms with Crippen molar-refractivity contribution in [2.45, 2.75) is 25.3 Å². The zero-order chi connectivity index (χ0) is 14.6. The quantitative estimate of drug-likeness (QED) is 0.629. The van der Waals surface area contributed by atoms with Crippen LogP contribution in [0.1, 0.15) is 31.0 Å². The van der Waals surface area contributed by atoms with Crippen molar-refractivity contribution in [3.8, 4) is 0 Å². The molecule has 2 heterocycles. The van der Waals surface area contributed by atoms with E-state index in [-0.39, 0.29) is 11.5 Å². The smallest absolute Gasteiger partial charge is 0.0626 e. The van der Waals surface area contributed by atoms with Crippen LogP contribution in [0.2, 0.25) is 5.02 Å². The lowest BCUT2D eigenvalue weighted by atomic mass is 9.78. The molecule has 0 amide bonds. The van der Waals surface area contributed by atoms with Gasteiger partial charge in [0, 0.05) is 38.8 Å². The Morgan fingerprint density at radius 2 is 1.90 bits per heavy atom. The summed E-state index contributed by atoms with van der Waals surface area (Å²) in [5, 5.41) is 5.68. The van der Waals surface area contributed by atoms with Crippen LogP contribution in [0.15, 0.2) is 48.7 Å². The highest BCUT2D eigenvalue weighted by molar-refractivity contribution is 6.31. The zero-order valence-corrected chi connectivity index (χ0v) is 12.8. The molecule has 3 heteroatoms. The molecule has 0 spiro atoms. The fourth-order valence-electron chi connectivity index (χ4n) is 3.49. The van der Waals surface area contributed by atoms with E-state index in [2.05, 4.69) is 60.7 Å². The molecule has 2 nitrogen and oxygen atoms in total. The fraction of sp³-hybridized carbons (Fsp3) is 0.222. The van der Waals surface area contributed by atoms with Gasteiger partial charge in [-0.2, -0.15) is 0 Å². The summed E-state index contributed by atoms with van der Waals surface area (Å²) in [6.07, 6.45) is 2.10. The minimum absolute atomic E-state index is 0.0470. The number of aromatic nitrogens is 1. The second-order valence-electron chi connectivity index (χ2n) is 6.28. The highest BCUT2D eigenvalue weighted by atomic mass is 35.5. The Hall–Kier alpha value is -1.93. The molecular formula is C18H17ClN2. The maximum atomic E-state index is 6.08. The highest BCUT2D eigenvalue weighted by Crippen LogP contribution is 2.49. The standard InChI is InChI=1S/C18H17ClN2/c1-18(2)14-5-3-4-6-15(14)21-17(18)13-10-20-16-9-11(19)7-8-12(13)16/h3-10,17,20-21H,1-2H3. The van der Waals surface area contributed by atoms with Gasteiger partial charge in [-0.15, -0.1) is 0 Å². The average molecular weight is 297 g/mol. The summed E-state index contributed by atoms with van der Waals surface area (Å²) in [5.41, 5.74) is 5.04. The van der Waals surface area contributed by atoms with Gasteiger partial charge in [-0.25, -0.2) is 0 Å². The molecule has 1 aromatic heterocycles. The molecular weight excluding hydrogens is 280 g/mol. The Kier molecular flexibility index (Phi) is 2.61. The second kappa shape index (κ2) is 4.28. The van der Waals surface area contributed by atoms with E-state index in [0.717, 1.165) is 10.5 Å². The first-order valence-electron chi connectivity index (χ1n) is 7.20. The van der Waals surface area contributed by atoms with Crippen LogP contribution >= 0.6 is 11.6 Å². The number of fused-ring (bicyclic) bond motifs is 2. The molecule has 0 aliphatic carbocycles. The van der Waals surface area contributed by atoms with E-state index in [1.165, 1.54) is 22.2 Å². The maximum Gasteiger partial charge on any atom is 0.0626 e. The lowest BCUT2D eigenvalue weighted by molar-refractivity contribution is 0.476. The lowest BCUT2D eigenvalue weighted by Gasteiger charge is -2.27. The van der Waals surface area contributed by atoms with Crippen molar-refractivity contribution in [2.75, 3.05) is 5.32 Å². The zero-order valence-electron chi connectivity index (χ0n) is 12.1. The van der Waals surface area contributed by atoms with Crippen molar-refractivity contribution in [2.24, 2.45) is 0 Å². The van der Waals surface area contributed by atoms with E-state index >= 15 is 0 Å². The molecule has 106 valence electrons. The van der Waals surface area contributed by atoms with Crippen LogP contribution in [0.5, 0.6) is 0 Å². The molecule has 0 bridgehead atoms. The van der Waals surface area contributed by atoms with Crippen molar-refractivity contribution in [1.29, 1.82) is 0 Å². The van der Waals surface area contributed by atoms with Gasteiger partial charge in [-0.3, -0.25) is 0 Å². The highest BCUT2D eigenvalue weighted by Gasteiger charge is 2.40. The fourth-order valence-corrected chi connectivity index (χ4v) is 3.66. The number of anilines is 1. The summed E-state index contributed by atoms with van der Waals surface area (Å²) < 4.78 is 0. The molecule has 0 saturated heterocycles. The normalized spacial score (nSPS) is 19.5. The molecule has 2 aromatic carbocycles. The van der Waals surface area contributed by atoms with E-state index in [0.29, 0.717) is 0 Å². The predicted octanol–water partition coefficient (Wildman–Crippen LogP) is 5.27. The molecule has 1 atom stereocenters. The van der Waals surface area contributed by atoms with Gasteiger partial charge in [0.1, 0.15) is 0 Å². The maximum absolute atomic E-state index is 6.08. The van der Waals surface area contributed by atoms with Crippen molar-refractivity contribution >= 4 is 28.2 Å². The van der Waals surface area contributed by atoms with E-state index < -0.39 is 0 Å². The van der Waals surface area contributed by atoms with Gasteiger partial charge < -0.3 is 10.3 Å². The van der Waals surface area contributed by atoms with Crippen molar-refractivity contribution in [3.63, 3.8) is 0 Å². The molecule has 2 N–H and O–H groups in total. The minimum atomic E-state index is 0.0470. The third-order valence-corrected chi connectivity index (χ3v) is 4.86. The Morgan fingerprint density at radius 3 is 2.71 bits per heavy atom. The first kappa shape index (κ1) is 12.8. The number of nitrogens with one attached hydrogen (secondary N) is 2. The summed E-state index contributed by atoms with van der Waals surface area (Å²) in [4.78, 5) is 3.35. The molecule has 0 radical (unpaired) electrons. The van der Waals surface area contributed by atoms with Crippen LogP contribution in [0.4, 0.5) is 5.69 Å². The number of hydrogen-bond donors (Lipinski definition) is 2. The van der Waals surface area contributed by atoms with Crippen LogP contribution in [-0.2, 0) is 5.41 Å². The third-order valence-electron chi connectivity index (χ3n) is 4.63. The second-order valence-corrected chi connectivity index (χ2v) is 6.71. The summed E-state index contributed by atoms with van der Waals surface area (Å²) in [5.74, 6) is 0. The van der Waals surface area contributed by atoms with Crippen LogP contribution in [0.3, 0.4) is 0 Å². The molecule has 0 saturated carbocycles. The number of halogens is 1. The number of benzene rings is 2. The Bertz CT molecular complexity index is 832. The molecule has 3 aromatic rings. The number of H-pyrrole nitrogens is 1. The van der Waals surface area contributed by atoms with Gasteiger partial charge in [0.05, 0.1) is 6.04 Å². The lowest BCUT2D eigenvalue weighted by Crippen LogP contribution is -2.25. The van der Waals surface area contributed by atoms with Gasteiger partial charge in [0.2, 0.25) is 0 Å². The Morgan fingerprint density at radius 1 is 1.10 bits per heavy atom. The topological polar surface area (TPSA) is 27.8 Å². The third kappa shape index (κ3) is 1.79. The van der Waals surface area contributed by atoms with Crippen LogP contribution in [-0.4, -0.2) is 4.98 Å². The molecule has 0 fully saturated rings. The van der Waals surface area contributed by atoms with Crippen LogP contribution in [0.25, 0.3) is 10.9 Å². The summed E-state index contributed by atoms with van der Waals surface area (Å²) in [6, 6.07) is 14.9. The van der Waals surface area contributed by atoms with E-state index in [1.807, 2.05) is 12.1 Å². The van der Waals surface area contributed by atoms with Gasteiger partial charge in [0.25, 0.3) is 0 Å². The van der Waals surface area contributed by atoms with Crippen LogP contribution in [0, 0.1) is 0 Å². The molecule has 4 rings (SSSR count). The number of hydrogen-bond acceptors (Lipinski definition) is 1. The van der Waals surface area contributed by atoms with Crippen molar-refractivity contribution in [3.05, 3.63) is 64.8 Å². The Balaban J connectivity index is 1.87. The molecule has 1 aliphatic rings. The number of para-hydroxylation sites is 1. The first-order valence-corrected chi connectivity index (χ1v) is 7.58. The SMILES string of the molecule is CC1(C)c2ccccc2NC1c1c[nH]c2cc(Cl)ccc12. The van der Waals surface area contributed by atoms with Crippen molar-refractivity contribution in [1.82, 2.24) is 4.98 Å². The molecule has 21 heavy (non-hydrogen) atoms. The average Bonchev–Trinajstić information content (AvgIpc) is 2.98. The minimum Gasteiger partial charge on any atom is -0.377 e. The Labute approximate surface area is 129 Å². The van der Waals surface area contributed by atoms with Gasteiger partial charge >= 0.3 is 0 Å². The van der Waals surface area contributed by atoms with E-state index in [9.17, 15) is 0 Å². The number of rotatable bonds is 1. The first-order chi connectivity index (χ1) is 10.1. The van der Waals surface area contributed by atoms with Gasteiger partial charge in [-0.1, -0.05) is 49.7 Å². The predicted molar refractivity (Wildman–Crippen MR) is 89.1 cm³/mol. The van der Waals surface area contributed by atoms with Gasteiger partial charge in [-0.05, 0) is 23.8 Å². The summed E-state index contributed by atoms with van der Waals surface area (Å²) >= 11 is 6.08. The summed E-state index contributed by atoms with van der Waals surface area (Å²) in [7, 11) is 0. The monoisotopic (exact) mass is 296 g/mol. The largest absolute Gasteiger partial charge is 0.377 e. The van der Waals surface area contributed by atoms with Crippen molar-refractivity contribution < 1.29 is 0 Å². The summed E-state index contributed by atoms with van der Waals surface area (Å²) in [6.45, 7) is 4.59. The molecule has 1 unspecified atom stereocenters.